The third-order valence-corrected chi connectivity index (χ3v) is 11.3. The number of amides is 7. The number of alkyl carbamates (subject to hydrolysis) is 1. The van der Waals surface area contributed by atoms with E-state index in [-0.39, 0.29) is 18.9 Å². The van der Waals surface area contributed by atoms with Crippen LogP contribution in [0.1, 0.15) is 97.3 Å². The van der Waals surface area contributed by atoms with Crippen molar-refractivity contribution in [1.82, 2.24) is 36.9 Å². The van der Waals surface area contributed by atoms with Crippen molar-refractivity contribution >= 4 is 64.4 Å². The van der Waals surface area contributed by atoms with Crippen molar-refractivity contribution in [3.8, 4) is 11.1 Å². The number of aliphatic hydroxyl groups is 1. The van der Waals surface area contributed by atoms with Gasteiger partial charge >= 0.3 is 18.0 Å². The summed E-state index contributed by atoms with van der Waals surface area (Å²) in [4.78, 5) is 124. The maximum atomic E-state index is 14.5. The Kier molecular flexibility index (Phi) is 19.0. The molecule has 392 valence electrons. The molecule has 1 heterocycles. The molecule has 0 aliphatic heterocycles. The van der Waals surface area contributed by atoms with Crippen molar-refractivity contribution in [2.24, 2.45) is 5.73 Å². The number of aromatic amines is 1. The molecule has 3 aromatic carbocycles. The number of imide groups is 1. The highest BCUT2D eigenvalue weighted by molar-refractivity contribution is 6.00. The van der Waals surface area contributed by atoms with Crippen LogP contribution in [-0.4, -0.2) is 124 Å². The minimum atomic E-state index is -1.84. The average molecular weight is 1010 g/mol. The van der Waals surface area contributed by atoms with Crippen LogP contribution in [-0.2, 0) is 59.0 Å². The van der Waals surface area contributed by atoms with E-state index in [0.29, 0.717) is 16.5 Å². The number of nitrogens with one attached hydrogen (secondary N) is 7. The van der Waals surface area contributed by atoms with Crippen LogP contribution < -0.4 is 37.6 Å². The van der Waals surface area contributed by atoms with E-state index in [9.17, 15) is 48.3 Å². The second-order valence-electron chi connectivity index (χ2n) is 19.8. The molecule has 1 aromatic heterocycles. The number of nitrogens with two attached hydrogens (primary N) is 1. The molecule has 0 fully saturated rings. The Morgan fingerprint density at radius 2 is 1.22 bits per heavy atom. The number of aromatic nitrogens is 1. The van der Waals surface area contributed by atoms with E-state index in [2.05, 4.69) is 36.9 Å². The maximum Gasteiger partial charge on any atom is 0.413 e. The van der Waals surface area contributed by atoms with E-state index < -0.39 is 127 Å². The molecular formula is C52H66N8O13. The number of benzene rings is 3. The quantitative estimate of drug-likeness (QED) is 0.0428. The highest BCUT2D eigenvalue weighted by Crippen LogP contribution is 2.44. The number of carbonyl (C=O) groups excluding carboxylic acids is 9. The molecule has 6 atom stereocenters. The first-order valence-corrected chi connectivity index (χ1v) is 23.9. The van der Waals surface area contributed by atoms with E-state index in [4.69, 9.17) is 19.9 Å². The summed E-state index contributed by atoms with van der Waals surface area (Å²) in [5.74, 6) is -7.94. The molecule has 1 aliphatic rings. The van der Waals surface area contributed by atoms with Gasteiger partial charge in [0.05, 0.1) is 25.1 Å². The highest BCUT2D eigenvalue weighted by Gasteiger charge is 2.36. The highest BCUT2D eigenvalue weighted by atomic mass is 16.6. The minimum absolute atomic E-state index is 0.122. The normalized spacial score (nSPS) is 14.6. The minimum Gasteiger partial charge on any atom is -0.460 e. The van der Waals surface area contributed by atoms with Crippen LogP contribution in [0.4, 0.5) is 4.79 Å². The lowest BCUT2D eigenvalue weighted by molar-refractivity contribution is -0.157. The fraction of sp³-hybridized carbons (Fsp3) is 0.442. The van der Waals surface area contributed by atoms with Gasteiger partial charge in [0.15, 0.2) is 0 Å². The molecule has 4 aromatic rings. The van der Waals surface area contributed by atoms with E-state index in [1.807, 2.05) is 48.5 Å². The zero-order valence-corrected chi connectivity index (χ0v) is 42.2. The molecule has 5 rings (SSSR count). The van der Waals surface area contributed by atoms with Crippen LogP contribution in [0.3, 0.4) is 0 Å². The second kappa shape index (κ2) is 24.7. The van der Waals surface area contributed by atoms with Crippen molar-refractivity contribution in [1.29, 1.82) is 0 Å². The number of ether oxygens (including phenoxy) is 3. The molecule has 21 heteroatoms. The van der Waals surface area contributed by atoms with Crippen LogP contribution in [0.15, 0.2) is 79.0 Å². The molecule has 0 unspecified atom stereocenters. The van der Waals surface area contributed by atoms with E-state index >= 15 is 0 Å². The van der Waals surface area contributed by atoms with Crippen LogP contribution in [0, 0.1) is 0 Å². The van der Waals surface area contributed by atoms with E-state index in [1.54, 1.807) is 72.0 Å². The Hall–Kier alpha value is -7.65. The van der Waals surface area contributed by atoms with Crippen molar-refractivity contribution < 1.29 is 62.5 Å². The average Bonchev–Trinajstić information content (AvgIpc) is 3.86. The molecule has 1 aliphatic carbocycles. The Morgan fingerprint density at radius 3 is 1.82 bits per heavy atom. The van der Waals surface area contributed by atoms with Crippen molar-refractivity contribution in [3.05, 3.63) is 95.7 Å². The van der Waals surface area contributed by atoms with Gasteiger partial charge in [-0.25, -0.2) is 4.79 Å². The number of fused-ring (bicyclic) bond motifs is 4. The van der Waals surface area contributed by atoms with Gasteiger partial charge < -0.3 is 56.6 Å². The fourth-order valence-electron chi connectivity index (χ4n) is 8.00. The molecule has 73 heavy (non-hydrogen) atoms. The van der Waals surface area contributed by atoms with Gasteiger partial charge in [-0.05, 0) is 95.7 Å². The van der Waals surface area contributed by atoms with Gasteiger partial charge in [-0.15, -0.1) is 0 Å². The molecule has 0 radical (unpaired) electrons. The van der Waals surface area contributed by atoms with Gasteiger partial charge in [0.1, 0.15) is 42.0 Å². The van der Waals surface area contributed by atoms with Crippen LogP contribution >= 0.6 is 0 Å². The van der Waals surface area contributed by atoms with Gasteiger partial charge in [-0.1, -0.05) is 66.7 Å². The largest absolute Gasteiger partial charge is 0.460 e. The lowest BCUT2D eigenvalue weighted by atomic mass is 9.98. The molecular weight excluding hydrogens is 945 g/mol. The van der Waals surface area contributed by atoms with E-state index in [0.717, 1.165) is 22.3 Å². The van der Waals surface area contributed by atoms with E-state index in [1.165, 1.54) is 13.8 Å². The second-order valence-corrected chi connectivity index (χ2v) is 19.8. The maximum absolute atomic E-state index is 14.5. The Morgan fingerprint density at radius 1 is 0.671 bits per heavy atom. The number of aliphatic hydroxyl groups excluding tert-OH is 1. The first-order chi connectivity index (χ1) is 34.3. The van der Waals surface area contributed by atoms with Gasteiger partial charge in [0.25, 0.3) is 5.91 Å². The lowest BCUT2D eigenvalue weighted by Gasteiger charge is -2.28. The molecule has 0 bridgehead atoms. The van der Waals surface area contributed by atoms with Gasteiger partial charge in [-0.3, -0.25) is 43.7 Å². The Bertz CT molecular complexity index is 2640. The summed E-state index contributed by atoms with van der Waals surface area (Å²) in [5.41, 5.74) is 8.68. The summed E-state index contributed by atoms with van der Waals surface area (Å²) in [6, 6.07) is 14.9. The molecule has 21 nitrogen and oxygen atoms in total. The Labute approximate surface area is 422 Å². The first kappa shape index (κ1) is 56.3. The predicted octanol–water partition coefficient (Wildman–Crippen LogP) is 2.41. The summed E-state index contributed by atoms with van der Waals surface area (Å²) in [5, 5.41) is 25.5. The van der Waals surface area contributed by atoms with Crippen LogP contribution in [0.25, 0.3) is 22.0 Å². The summed E-state index contributed by atoms with van der Waals surface area (Å²) < 4.78 is 16.5. The summed E-state index contributed by atoms with van der Waals surface area (Å²) in [6.07, 6.45) is -2.95. The molecule has 10 N–H and O–H groups in total. The number of H-pyrrole nitrogens is 1. The Balaban J connectivity index is 1.41. The summed E-state index contributed by atoms with van der Waals surface area (Å²) in [7, 11) is 0. The third-order valence-electron chi connectivity index (χ3n) is 11.3. The number of hydrogen-bond donors (Lipinski definition) is 9. The molecule has 0 saturated carbocycles. The third kappa shape index (κ3) is 16.4. The van der Waals surface area contributed by atoms with Crippen molar-refractivity contribution in [3.63, 3.8) is 0 Å². The number of hydrogen-bond acceptors (Lipinski definition) is 14. The van der Waals surface area contributed by atoms with Gasteiger partial charge in [-0.2, -0.15) is 0 Å². The molecule has 7 amide bonds. The molecule has 0 spiro atoms. The summed E-state index contributed by atoms with van der Waals surface area (Å²) >= 11 is 0. The van der Waals surface area contributed by atoms with Gasteiger partial charge in [0, 0.05) is 35.9 Å². The monoisotopic (exact) mass is 1010 g/mol. The predicted molar refractivity (Wildman–Crippen MR) is 267 cm³/mol. The number of esters is 2. The molecule has 0 saturated heterocycles. The summed E-state index contributed by atoms with van der Waals surface area (Å²) in [6.45, 7) is 11.4. The number of carbonyl (C=O) groups is 9. The zero-order chi connectivity index (χ0) is 53.8. The van der Waals surface area contributed by atoms with Crippen molar-refractivity contribution in [2.75, 3.05) is 13.2 Å². The topological polar surface area (TPSA) is 316 Å². The fourth-order valence-corrected chi connectivity index (χ4v) is 8.00. The van der Waals surface area contributed by atoms with Crippen LogP contribution in [0.2, 0.25) is 0 Å². The van der Waals surface area contributed by atoms with Gasteiger partial charge in [0.2, 0.25) is 29.5 Å². The van der Waals surface area contributed by atoms with Crippen LogP contribution in [0.5, 0.6) is 0 Å². The van der Waals surface area contributed by atoms with Crippen molar-refractivity contribution in [2.45, 2.75) is 135 Å². The number of rotatable bonds is 21. The lowest BCUT2D eigenvalue weighted by Crippen LogP contribution is -2.60. The zero-order valence-electron chi connectivity index (χ0n) is 42.2. The first-order valence-electron chi connectivity index (χ1n) is 23.9. The number of para-hydroxylation sites is 1. The smallest absolute Gasteiger partial charge is 0.413 e. The standard InChI is InChI=1S/C52H66N8O13/c1-28(53)45(65)55-26-41(62)59-44(29(2)61)49(69)58-40(24-43(64)73-52(6,7)8)47(67)56-38(21-22-42(63)72-51(3,4)5)46(66)57-39(23-30-25-54-37-20-14-13-15-31(30)37)48(68)60-50(70)71-27-36-34-18-11-9-16-32(34)33-17-10-12-19-35(33)36/h9-20,25,28-29,36,38-40,44,54,61H,21-24,26-27,53H2,1-8H3,(H,55,65)(H,56,67)(H,57,66)(H,58,69)(H,59,62)(H,60,68,70)/t28-,29+,38+,39-,40-,44-/m0/s1. The SMILES string of the molecule is C[C@H](N)C(=O)NCC(=O)N[C@H](C(=O)N[C@@H](CC(=O)OC(C)(C)C)C(=O)N[C@H](CCC(=O)OC(C)(C)C)C(=O)N[C@@H](Cc1c[nH]c2ccccc12)C(=O)NC(=O)OCC1c2ccccc2-c2ccccc21)[C@@H](C)O.